The summed E-state index contributed by atoms with van der Waals surface area (Å²) in [6.07, 6.45) is -5.37. The Bertz CT molecular complexity index is 1230. The average Bonchev–Trinajstić information content (AvgIpc) is 2.96. The highest BCUT2D eigenvalue weighted by atomic mass is 16.7. The molecule has 3 aromatic rings. The van der Waals surface area contributed by atoms with Gasteiger partial charge in [0.1, 0.15) is 12.7 Å². The Hall–Kier alpha value is -4.41. The number of nitrogens with one attached hydrogen (secondary N) is 2. The van der Waals surface area contributed by atoms with E-state index in [0.29, 0.717) is 16.9 Å². The molecule has 10 heteroatoms. The third-order valence-electron chi connectivity index (χ3n) is 6.15. The van der Waals surface area contributed by atoms with Crippen LogP contribution in [0.5, 0.6) is 0 Å². The number of carbonyl (C=O) groups is 3. The summed E-state index contributed by atoms with van der Waals surface area (Å²) < 4.78 is 28.4. The maximum absolute atomic E-state index is 12.9. The maximum atomic E-state index is 12.9. The Morgan fingerprint density at radius 1 is 0.744 bits per heavy atom. The molecule has 0 aromatic heterocycles. The fourth-order valence-corrected chi connectivity index (χ4v) is 4.11. The molecule has 0 spiro atoms. The molecule has 0 saturated carbocycles. The van der Waals surface area contributed by atoms with Gasteiger partial charge in [0, 0.05) is 24.4 Å². The minimum Gasteiger partial charge on any atom is -0.449 e. The molecule has 204 valence electrons. The van der Waals surface area contributed by atoms with Gasteiger partial charge in [0.2, 0.25) is 0 Å². The Labute approximate surface area is 226 Å². The van der Waals surface area contributed by atoms with Crippen LogP contribution in [0, 0.1) is 5.92 Å². The van der Waals surface area contributed by atoms with Crippen LogP contribution in [0.25, 0.3) is 0 Å². The van der Waals surface area contributed by atoms with Crippen molar-refractivity contribution in [1.29, 1.82) is 0 Å². The lowest BCUT2D eigenvalue weighted by atomic mass is 9.90. The molecule has 1 aliphatic rings. The van der Waals surface area contributed by atoms with Crippen LogP contribution in [-0.2, 0) is 23.7 Å². The van der Waals surface area contributed by atoms with Crippen molar-refractivity contribution in [3.63, 3.8) is 0 Å². The van der Waals surface area contributed by atoms with Gasteiger partial charge in [-0.25, -0.2) is 14.4 Å². The zero-order valence-electron chi connectivity index (χ0n) is 21.5. The number of anilines is 2. The van der Waals surface area contributed by atoms with E-state index in [1.54, 1.807) is 85.8 Å². The molecule has 10 nitrogen and oxygen atoms in total. The second-order valence-corrected chi connectivity index (χ2v) is 8.82. The molecule has 3 aromatic carbocycles. The Kier molecular flexibility index (Phi) is 9.49. The number of ether oxygens (including phenoxy) is 5. The fraction of sp³-hybridized carbons (Fsp3) is 0.276. The fourth-order valence-electron chi connectivity index (χ4n) is 4.11. The highest BCUT2D eigenvalue weighted by Gasteiger charge is 2.49. The van der Waals surface area contributed by atoms with Gasteiger partial charge in [0.25, 0.3) is 0 Å². The van der Waals surface area contributed by atoms with Crippen LogP contribution in [0.1, 0.15) is 17.3 Å². The minimum absolute atomic E-state index is 0.167. The summed E-state index contributed by atoms with van der Waals surface area (Å²) in [5, 5.41) is 5.29. The van der Waals surface area contributed by atoms with Crippen LogP contribution in [0.15, 0.2) is 91.0 Å². The Morgan fingerprint density at radius 3 is 1.85 bits per heavy atom. The molecule has 0 bridgehead atoms. The van der Waals surface area contributed by atoms with Crippen molar-refractivity contribution in [2.75, 3.05) is 24.4 Å². The first-order valence-corrected chi connectivity index (χ1v) is 12.4. The van der Waals surface area contributed by atoms with Gasteiger partial charge < -0.3 is 23.7 Å². The number of benzene rings is 3. The average molecular weight is 535 g/mol. The SMILES string of the molecule is COC1OC(COC(=O)Nc2ccccc2)C(C)C(OC(=O)Nc2ccccc2)C1OC(=O)c1ccccc1. The van der Waals surface area contributed by atoms with Gasteiger partial charge in [0.15, 0.2) is 18.5 Å². The molecule has 5 atom stereocenters. The highest BCUT2D eigenvalue weighted by molar-refractivity contribution is 5.89. The molecular weight excluding hydrogens is 504 g/mol. The lowest BCUT2D eigenvalue weighted by molar-refractivity contribution is -0.277. The molecule has 1 aliphatic heterocycles. The summed E-state index contributed by atoms with van der Waals surface area (Å²) >= 11 is 0. The lowest BCUT2D eigenvalue weighted by Crippen LogP contribution is -2.58. The number of carbonyl (C=O) groups excluding carboxylic acids is 3. The van der Waals surface area contributed by atoms with Crippen LogP contribution < -0.4 is 10.6 Å². The third-order valence-corrected chi connectivity index (χ3v) is 6.15. The van der Waals surface area contributed by atoms with Gasteiger partial charge >= 0.3 is 18.2 Å². The van der Waals surface area contributed by atoms with Crippen LogP contribution in [-0.4, -0.2) is 56.5 Å². The minimum atomic E-state index is -1.10. The zero-order chi connectivity index (χ0) is 27.6. The van der Waals surface area contributed by atoms with E-state index < -0.39 is 48.7 Å². The molecule has 1 saturated heterocycles. The van der Waals surface area contributed by atoms with Crippen molar-refractivity contribution in [3.8, 4) is 0 Å². The molecule has 5 unspecified atom stereocenters. The molecule has 1 heterocycles. The van der Waals surface area contributed by atoms with Crippen LogP contribution >= 0.6 is 0 Å². The molecule has 39 heavy (non-hydrogen) atoms. The maximum Gasteiger partial charge on any atom is 0.412 e. The predicted octanol–water partition coefficient (Wildman–Crippen LogP) is 5.09. The topological polar surface area (TPSA) is 121 Å². The largest absolute Gasteiger partial charge is 0.449 e. The Balaban J connectivity index is 1.49. The van der Waals surface area contributed by atoms with Gasteiger partial charge in [-0.1, -0.05) is 61.5 Å². The number of hydrogen-bond donors (Lipinski definition) is 2. The van der Waals surface area contributed by atoms with Gasteiger partial charge in [-0.05, 0) is 36.4 Å². The molecule has 1 fully saturated rings. The second kappa shape index (κ2) is 13.4. The normalized spacial score (nSPS) is 22.3. The van der Waals surface area contributed by atoms with E-state index in [1.165, 1.54) is 7.11 Å². The molecule has 4 rings (SSSR count). The van der Waals surface area contributed by atoms with Gasteiger partial charge in [-0.15, -0.1) is 0 Å². The van der Waals surface area contributed by atoms with Crippen LogP contribution in [0.3, 0.4) is 0 Å². The first-order chi connectivity index (χ1) is 18.9. The van der Waals surface area contributed by atoms with Crippen molar-refractivity contribution in [2.45, 2.75) is 31.5 Å². The number of esters is 1. The van der Waals surface area contributed by atoms with Crippen molar-refractivity contribution in [3.05, 3.63) is 96.6 Å². The third kappa shape index (κ3) is 7.56. The monoisotopic (exact) mass is 534 g/mol. The van der Waals surface area contributed by atoms with Crippen molar-refractivity contribution < 1.29 is 38.1 Å². The smallest absolute Gasteiger partial charge is 0.412 e. The van der Waals surface area contributed by atoms with Crippen LogP contribution in [0.2, 0.25) is 0 Å². The van der Waals surface area contributed by atoms with Gasteiger partial charge in [-0.3, -0.25) is 10.6 Å². The van der Waals surface area contributed by atoms with Crippen molar-refractivity contribution >= 4 is 29.5 Å². The molecular formula is C29H30N2O8. The number of para-hydroxylation sites is 2. The molecule has 0 radical (unpaired) electrons. The van der Waals surface area contributed by atoms with E-state index in [4.69, 9.17) is 23.7 Å². The van der Waals surface area contributed by atoms with Gasteiger partial charge in [-0.2, -0.15) is 0 Å². The van der Waals surface area contributed by atoms with E-state index in [-0.39, 0.29) is 6.61 Å². The summed E-state index contributed by atoms with van der Waals surface area (Å²) in [5.74, 6) is -1.19. The summed E-state index contributed by atoms with van der Waals surface area (Å²) in [7, 11) is 1.38. The van der Waals surface area contributed by atoms with E-state index >= 15 is 0 Å². The first-order valence-electron chi connectivity index (χ1n) is 12.4. The van der Waals surface area contributed by atoms with E-state index in [9.17, 15) is 14.4 Å². The van der Waals surface area contributed by atoms with Crippen molar-refractivity contribution in [2.24, 2.45) is 5.92 Å². The lowest BCUT2D eigenvalue weighted by Gasteiger charge is -2.43. The van der Waals surface area contributed by atoms with E-state index in [2.05, 4.69) is 10.6 Å². The summed E-state index contributed by atoms with van der Waals surface area (Å²) in [4.78, 5) is 38.1. The number of hydrogen-bond acceptors (Lipinski definition) is 8. The number of rotatable bonds is 8. The standard InChI is InChI=1S/C29H30N2O8/c1-19-23(18-36-28(33)30-21-14-8-4-9-15-21)37-27(35-2)25(38-26(32)20-12-6-3-7-13-20)24(19)39-29(34)31-22-16-10-5-11-17-22/h3-17,19,23-25,27H,18H2,1-2H3,(H,30,33)(H,31,34). The summed E-state index contributed by atoms with van der Waals surface area (Å²) in [5.41, 5.74) is 1.41. The number of amides is 2. The number of methoxy groups -OCH3 is 1. The first kappa shape index (κ1) is 27.6. The van der Waals surface area contributed by atoms with Crippen molar-refractivity contribution in [1.82, 2.24) is 0 Å². The van der Waals surface area contributed by atoms with Crippen LogP contribution in [0.4, 0.5) is 21.0 Å². The summed E-state index contributed by atoms with van der Waals surface area (Å²) in [6.45, 7) is 1.58. The highest BCUT2D eigenvalue weighted by Crippen LogP contribution is 2.32. The quantitative estimate of drug-likeness (QED) is 0.303. The molecule has 0 aliphatic carbocycles. The zero-order valence-corrected chi connectivity index (χ0v) is 21.5. The van der Waals surface area contributed by atoms with E-state index in [0.717, 1.165) is 0 Å². The predicted molar refractivity (Wildman–Crippen MR) is 142 cm³/mol. The molecule has 2 amide bonds. The summed E-state index contributed by atoms with van der Waals surface area (Å²) in [6, 6.07) is 26.0. The van der Waals surface area contributed by atoms with Gasteiger partial charge in [0.05, 0.1) is 5.56 Å². The Morgan fingerprint density at radius 2 is 1.28 bits per heavy atom. The second-order valence-electron chi connectivity index (χ2n) is 8.82. The van der Waals surface area contributed by atoms with E-state index in [1.807, 2.05) is 12.1 Å². The molecule has 2 N–H and O–H groups in total.